The normalized spacial score (nSPS) is 12.6. The van der Waals surface area contributed by atoms with E-state index in [1.165, 1.54) is 5.56 Å². The van der Waals surface area contributed by atoms with E-state index in [0.717, 1.165) is 27.2 Å². The van der Waals surface area contributed by atoms with Crippen molar-refractivity contribution in [1.82, 2.24) is 0 Å². The molecule has 4 aromatic carbocycles. The molecule has 0 aliphatic carbocycles. The summed E-state index contributed by atoms with van der Waals surface area (Å²) in [5, 5.41) is 8.16. The summed E-state index contributed by atoms with van der Waals surface area (Å²) in [7, 11) is 1.67. The van der Waals surface area contributed by atoms with Crippen LogP contribution in [0.5, 0.6) is 5.75 Å². The Hall–Kier alpha value is -2.95. The van der Waals surface area contributed by atoms with E-state index in [4.69, 9.17) is 16.3 Å². The Labute approximate surface area is 202 Å². The largest absolute Gasteiger partial charge is 0.497 e. The number of hydrogen-bond donors (Lipinski definition) is 2. The van der Waals surface area contributed by atoms with Crippen molar-refractivity contribution in [3.05, 3.63) is 124 Å². The fourth-order valence-corrected chi connectivity index (χ4v) is 4.13. The monoisotopic (exact) mass is 506 g/mol. The zero-order chi connectivity index (χ0) is 22.3. The van der Waals surface area contributed by atoms with Crippen molar-refractivity contribution < 1.29 is 4.74 Å². The number of methoxy groups -OCH3 is 1. The van der Waals surface area contributed by atoms with E-state index in [1.54, 1.807) is 7.11 Å². The second-order valence-corrected chi connectivity index (χ2v) is 8.80. The zero-order valence-electron chi connectivity index (χ0n) is 17.6. The van der Waals surface area contributed by atoms with Gasteiger partial charge in [-0.3, -0.25) is 0 Å². The second kappa shape index (κ2) is 10.6. The molecule has 0 aliphatic heterocycles. The molecule has 4 aromatic rings. The van der Waals surface area contributed by atoms with Gasteiger partial charge in [-0.15, -0.1) is 0 Å². The third-order valence-electron chi connectivity index (χ3n) is 5.28. The van der Waals surface area contributed by atoms with Crippen LogP contribution in [0.15, 0.2) is 108 Å². The van der Waals surface area contributed by atoms with Crippen LogP contribution in [0.1, 0.15) is 23.2 Å². The summed E-state index contributed by atoms with van der Waals surface area (Å²) in [6.07, 6.45) is 0. The molecule has 0 bridgehead atoms. The van der Waals surface area contributed by atoms with Crippen LogP contribution in [0.4, 0.5) is 11.4 Å². The molecule has 0 radical (unpaired) electrons. The Morgan fingerprint density at radius 1 is 0.688 bits per heavy atom. The van der Waals surface area contributed by atoms with Crippen LogP contribution in [0.25, 0.3) is 0 Å². The minimum atomic E-state index is -0.0897. The topological polar surface area (TPSA) is 33.3 Å². The van der Waals surface area contributed by atoms with Crippen molar-refractivity contribution in [1.29, 1.82) is 0 Å². The summed E-state index contributed by atoms with van der Waals surface area (Å²) in [6, 6.07) is 34.5. The first-order chi connectivity index (χ1) is 15.6. The van der Waals surface area contributed by atoms with Gasteiger partial charge in [-0.25, -0.2) is 0 Å². The van der Waals surface area contributed by atoms with Gasteiger partial charge in [0, 0.05) is 20.9 Å². The summed E-state index contributed by atoms with van der Waals surface area (Å²) >= 11 is 9.91. The molecule has 4 rings (SSSR count). The molecule has 0 fully saturated rings. The van der Waals surface area contributed by atoms with Crippen molar-refractivity contribution in [2.24, 2.45) is 0 Å². The lowest BCUT2D eigenvalue weighted by Gasteiger charge is -2.31. The van der Waals surface area contributed by atoms with E-state index in [2.05, 4.69) is 69.0 Å². The highest BCUT2D eigenvalue weighted by Gasteiger charge is 2.25. The summed E-state index contributed by atoms with van der Waals surface area (Å²) in [5.41, 5.74) is 4.29. The SMILES string of the molecule is COc1ccc(N[C@@H](c2cccc(Cl)c2)[C@@H](Nc2ccc(Br)cc2)c2ccccc2)cc1. The van der Waals surface area contributed by atoms with Gasteiger partial charge in [0.1, 0.15) is 5.75 Å². The maximum absolute atomic E-state index is 6.39. The molecule has 0 unspecified atom stereocenters. The molecule has 0 saturated carbocycles. The minimum Gasteiger partial charge on any atom is -0.497 e. The third kappa shape index (κ3) is 5.64. The molecule has 0 heterocycles. The number of hydrogen-bond acceptors (Lipinski definition) is 3. The van der Waals surface area contributed by atoms with Gasteiger partial charge >= 0.3 is 0 Å². The predicted molar refractivity (Wildman–Crippen MR) is 138 cm³/mol. The summed E-state index contributed by atoms with van der Waals surface area (Å²) < 4.78 is 6.36. The van der Waals surface area contributed by atoms with Gasteiger partial charge in [0.2, 0.25) is 0 Å². The van der Waals surface area contributed by atoms with Crippen LogP contribution in [0.2, 0.25) is 5.02 Å². The molecule has 162 valence electrons. The van der Waals surface area contributed by atoms with Crippen molar-refractivity contribution in [3.63, 3.8) is 0 Å². The summed E-state index contributed by atoms with van der Waals surface area (Å²) in [4.78, 5) is 0. The molecular formula is C27H24BrClN2O. The first kappa shape index (κ1) is 22.3. The van der Waals surface area contributed by atoms with E-state index in [9.17, 15) is 0 Å². The summed E-state index contributed by atoms with van der Waals surface area (Å²) in [6.45, 7) is 0. The van der Waals surface area contributed by atoms with E-state index in [0.29, 0.717) is 5.02 Å². The maximum Gasteiger partial charge on any atom is 0.119 e. The fourth-order valence-electron chi connectivity index (χ4n) is 3.67. The first-order valence-electron chi connectivity index (χ1n) is 10.4. The lowest BCUT2D eigenvalue weighted by atomic mass is 9.92. The first-order valence-corrected chi connectivity index (χ1v) is 11.5. The van der Waals surface area contributed by atoms with Crippen molar-refractivity contribution in [2.45, 2.75) is 12.1 Å². The molecular weight excluding hydrogens is 484 g/mol. The van der Waals surface area contributed by atoms with E-state index < -0.39 is 0 Å². The van der Waals surface area contributed by atoms with Gasteiger partial charge in [0.25, 0.3) is 0 Å². The van der Waals surface area contributed by atoms with E-state index >= 15 is 0 Å². The Kier molecular flexibility index (Phi) is 7.35. The molecule has 2 N–H and O–H groups in total. The van der Waals surface area contributed by atoms with Crippen molar-refractivity contribution >= 4 is 38.9 Å². The maximum atomic E-state index is 6.39. The van der Waals surface area contributed by atoms with E-state index in [-0.39, 0.29) is 12.1 Å². The van der Waals surface area contributed by atoms with Gasteiger partial charge in [-0.2, -0.15) is 0 Å². The van der Waals surface area contributed by atoms with Gasteiger partial charge < -0.3 is 15.4 Å². The van der Waals surface area contributed by atoms with Crippen molar-refractivity contribution in [2.75, 3.05) is 17.7 Å². The summed E-state index contributed by atoms with van der Waals surface area (Å²) in [5.74, 6) is 0.822. The molecule has 0 saturated heterocycles. The minimum absolute atomic E-state index is 0.0575. The smallest absolute Gasteiger partial charge is 0.119 e. The number of nitrogens with one attached hydrogen (secondary N) is 2. The molecule has 0 spiro atoms. The molecule has 32 heavy (non-hydrogen) atoms. The number of halogens is 2. The molecule has 2 atom stereocenters. The zero-order valence-corrected chi connectivity index (χ0v) is 20.0. The quantitative estimate of drug-likeness (QED) is 0.253. The van der Waals surface area contributed by atoms with Crippen LogP contribution in [-0.2, 0) is 0 Å². The van der Waals surface area contributed by atoms with Crippen LogP contribution < -0.4 is 15.4 Å². The van der Waals surface area contributed by atoms with Gasteiger partial charge in [0.15, 0.2) is 0 Å². The Morgan fingerprint density at radius 3 is 1.84 bits per heavy atom. The van der Waals surface area contributed by atoms with Gasteiger partial charge in [0.05, 0.1) is 19.2 Å². The number of anilines is 2. The van der Waals surface area contributed by atoms with Crippen LogP contribution in [0, 0.1) is 0 Å². The molecule has 5 heteroatoms. The lowest BCUT2D eigenvalue weighted by Crippen LogP contribution is -2.25. The molecule has 0 aromatic heterocycles. The van der Waals surface area contributed by atoms with Crippen molar-refractivity contribution in [3.8, 4) is 5.75 Å². The Bertz CT molecular complexity index is 1130. The van der Waals surface area contributed by atoms with Crippen LogP contribution in [0.3, 0.4) is 0 Å². The molecule has 0 amide bonds. The lowest BCUT2D eigenvalue weighted by molar-refractivity contribution is 0.415. The Balaban J connectivity index is 1.76. The number of ether oxygens (including phenoxy) is 1. The highest BCUT2D eigenvalue weighted by atomic mass is 79.9. The highest BCUT2D eigenvalue weighted by molar-refractivity contribution is 9.10. The van der Waals surface area contributed by atoms with Gasteiger partial charge in [-0.05, 0) is 71.8 Å². The number of rotatable bonds is 8. The number of benzene rings is 4. The highest BCUT2D eigenvalue weighted by Crippen LogP contribution is 2.36. The van der Waals surface area contributed by atoms with Crippen LogP contribution >= 0.6 is 27.5 Å². The fraction of sp³-hybridized carbons (Fsp3) is 0.111. The predicted octanol–water partition coefficient (Wildman–Crippen LogP) is 8.12. The Morgan fingerprint density at radius 2 is 1.25 bits per heavy atom. The average Bonchev–Trinajstić information content (AvgIpc) is 2.83. The third-order valence-corrected chi connectivity index (χ3v) is 6.04. The molecule has 0 aliphatic rings. The second-order valence-electron chi connectivity index (χ2n) is 7.45. The standard InChI is InChI=1S/C27H24BrClN2O/c1-32-25-16-14-24(15-17-25)31-27(20-8-5-9-22(29)18-20)26(19-6-3-2-4-7-19)30-23-12-10-21(28)11-13-23/h2-18,26-27,30-31H,1H3/t26-,27-/m0/s1. The van der Waals surface area contributed by atoms with Gasteiger partial charge in [-0.1, -0.05) is 70.0 Å². The van der Waals surface area contributed by atoms with Crippen LogP contribution in [-0.4, -0.2) is 7.11 Å². The molecule has 3 nitrogen and oxygen atoms in total. The average molecular weight is 508 g/mol. The van der Waals surface area contributed by atoms with E-state index in [1.807, 2.05) is 60.7 Å².